The average Bonchev–Trinajstić information content (AvgIpc) is 2.47. The maximum Gasteiger partial charge on any atom is 0.272 e. The summed E-state index contributed by atoms with van der Waals surface area (Å²) < 4.78 is 10.2. The summed E-state index contributed by atoms with van der Waals surface area (Å²) >= 11 is 0. The molecule has 0 unspecified atom stereocenters. The number of rotatable bonds is 4. The van der Waals surface area contributed by atoms with Crippen LogP contribution in [0.25, 0.3) is 0 Å². The van der Waals surface area contributed by atoms with Crippen molar-refractivity contribution in [3.8, 4) is 11.5 Å². The second-order valence-electron chi connectivity index (χ2n) is 4.08. The Balaban J connectivity index is 2.33. The molecular formula is C14H17NO3P+. The van der Waals surface area contributed by atoms with Gasteiger partial charge in [-0.15, -0.1) is 0 Å². The topological polar surface area (TPSA) is 64.7 Å². The lowest BCUT2D eigenvalue weighted by molar-refractivity contribution is 0.415. The van der Waals surface area contributed by atoms with Crippen LogP contribution < -0.4 is 25.6 Å². The largest absolute Gasteiger partial charge is 0.497 e. The molecule has 0 saturated heterocycles. The van der Waals surface area contributed by atoms with Crippen LogP contribution in [0.1, 0.15) is 0 Å². The Labute approximate surface area is 113 Å². The lowest BCUT2D eigenvalue weighted by Crippen LogP contribution is -2.28. The van der Waals surface area contributed by atoms with E-state index in [1.807, 2.05) is 0 Å². The zero-order valence-corrected chi connectivity index (χ0v) is 11.8. The highest BCUT2D eigenvalue weighted by atomic mass is 31.2. The van der Waals surface area contributed by atoms with Crippen molar-refractivity contribution >= 4 is 18.2 Å². The molecule has 5 heteroatoms. The summed E-state index contributed by atoms with van der Waals surface area (Å²) in [6.45, 7) is 0. The van der Waals surface area contributed by atoms with E-state index in [4.69, 9.17) is 15.0 Å². The van der Waals surface area contributed by atoms with E-state index >= 15 is 0 Å². The van der Waals surface area contributed by atoms with Gasteiger partial charge in [-0.2, -0.15) is 5.50 Å². The van der Waals surface area contributed by atoms with Crippen LogP contribution in [0.4, 0.5) is 0 Å². The number of hydrogen-bond donors (Lipinski definition) is 2. The molecule has 0 aliphatic rings. The second kappa shape index (κ2) is 5.57. The quantitative estimate of drug-likeness (QED) is 0.831. The summed E-state index contributed by atoms with van der Waals surface area (Å²) in [7, 11) is 0.380. The molecule has 0 fully saturated rings. The minimum atomic E-state index is -2.82. The molecule has 2 rings (SSSR count). The van der Waals surface area contributed by atoms with E-state index in [2.05, 4.69) is 0 Å². The van der Waals surface area contributed by atoms with Crippen molar-refractivity contribution in [2.24, 2.45) is 5.50 Å². The molecule has 4 nitrogen and oxygen atoms in total. The van der Waals surface area contributed by atoms with Gasteiger partial charge in [0, 0.05) is 0 Å². The fraction of sp³-hybridized carbons (Fsp3) is 0.143. The Morgan fingerprint density at radius 2 is 1.11 bits per heavy atom. The molecule has 0 saturated carbocycles. The zero-order chi connectivity index (χ0) is 13.9. The monoisotopic (exact) mass is 278 g/mol. The summed E-state index contributed by atoms with van der Waals surface area (Å²) in [6, 6.07) is 14.3. The first-order valence-electron chi connectivity index (χ1n) is 5.77. The molecule has 0 amide bonds. The van der Waals surface area contributed by atoms with Crippen LogP contribution in [0.5, 0.6) is 11.5 Å². The normalized spacial score (nSPS) is 11.2. The van der Waals surface area contributed by atoms with E-state index in [0.717, 1.165) is 11.5 Å². The Morgan fingerprint density at radius 3 is 1.37 bits per heavy atom. The van der Waals surface area contributed by atoms with Gasteiger partial charge < -0.3 is 9.47 Å². The predicted octanol–water partition coefficient (Wildman–Crippen LogP) is 1.45. The van der Waals surface area contributed by atoms with Crippen molar-refractivity contribution in [1.29, 1.82) is 0 Å². The van der Waals surface area contributed by atoms with E-state index in [-0.39, 0.29) is 0 Å². The molecule has 0 aliphatic carbocycles. The molecule has 2 aromatic rings. The maximum atomic E-state index is 10.6. The van der Waals surface area contributed by atoms with Crippen molar-refractivity contribution < 1.29 is 14.4 Å². The molecule has 0 bridgehead atoms. The third-order valence-electron chi connectivity index (χ3n) is 2.93. The molecule has 0 aromatic heterocycles. The van der Waals surface area contributed by atoms with Crippen LogP contribution in [-0.4, -0.2) is 19.1 Å². The highest BCUT2D eigenvalue weighted by Crippen LogP contribution is 2.43. The molecule has 0 aliphatic heterocycles. The van der Waals surface area contributed by atoms with Gasteiger partial charge in [0.15, 0.2) is 0 Å². The number of nitrogens with two attached hydrogens (primary N) is 1. The van der Waals surface area contributed by atoms with E-state index in [1.54, 1.807) is 62.8 Å². The van der Waals surface area contributed by atoms with Crippen LogP contribution in [0.3, 0.4) is 0 Å². The van der Waals surface area contributed by atoms with E-state index in [1.165, 1.54) is 0 Å². The highest BCUT2D eigenvalue weighted by Gasteiger charge is 2.37. The van der Waals surface area contributed by atoms with Gasteiger partial charge in [-0.25, -0.2) is 4.89 Å². The molecule has 0 atom stereocenters. The van der Waals surface area contributed by atoms with Crippen LogP contribution in [0, 0.1) is 0 Å². The Hall–Kier alpha value is -1.61. The van der Waals surface area contributed by atoms with E-state index in [0.29, 0.717) is 10.6 Å². The van der Waals surface area contributed by atoms with Gasteiger partial charge in [0.25, 0.3) is 7.64 Å². The van der Waals surface area contributed by atoms with Gasteiger partial charge in [0.05, 0.1) is 14.2 Å². The standard InChI is InChI=1S/C14H17NO3P/c1-17-11-3-7-13(8-4-11)19(15,16)14-9-5-12(18-2)6-10-14/h3-10,16H,15H2,1-2H3/q+1. The summed E-state index contributed by atoms with van der Waals surface area (Å²) in [5.41, 5.74) is 6.13. The molecule has 0 radical (unpaired) electrons. The van der Waals surface area contributed by atoms with Gasteiger partial charge in [-0.1, -0.05) is 0 Å². The van der Waals surface area contributed by atoms with Gasteiger partial charge >= 0.3 is 0 Å². The van der Waals surface area contributed by atoms with Gasteiger partial charge in [0.2, 0.25) is 0 Å². The molecule has 100 valence electrons. The minimum absolute atomic E-state index is 0.707. The third-order valence-corrected chi connectivity index (χ3v) is 5.10. The summed E-state index contributed by atoms with van der Waals surface area (Å²) in [5, 5.41) is 1.41. The Bertz CT molecular complexity index is 488. The van der Waals surface area contributed by atoms with Gasteiger partial charge in [0.1, 0.15) is 22.1 Å². The Kier molecular flexibility index (Phi) is 4.05. The zero-order valence-electron chi connectivity index (χ0n) is 10.9. The van der Waals surface area contributed by atoms with Gasteiger partial charge in [-0.3, -0.25) is 0 Å². The van der Waals surface area contributed by atoms with Crippen molar-refractivity contribution in [3.63, 3.8) is 0 Å². The number of benzene rings is 2. The van der Waals surface area contributed by atoms with Crippen LogP contribution in [0.15, 0.2) is 48.5 Å². The van der Waals surface area contributed by atoms with Gasteiger partial charge in [-0.05, 0) is 48.5 Å². The number of ether oxygens (including phenoxy) is 2. The molecule has 0 heterocycles. The van der Waals surface area contributed by atoms with Crippen molar-refractivity contribution in [3.05, 3.63) is 48.5 Å². The first kappa shape index (κ1) is 13.8. The Morgan fingerprint density at radius 1 is 0.789 bits per heavy atom. The molecule has 19 heavy (non-hydrogen) atoms. The van der Waals surface area contributed by atoms with E-state index in [9.17, 15) is 4.89 Å². The summed E-state index contributed by atoms with van der Waals surface area (Å²) in [5.74, 6) is 1.47. The number of methoxy groups -OCH3 is 2. The fourth-order valence-corrected chi connectivity index (χ4v) is 3.27. The molecular weight excluding hydrogens is 261 g/mol. The average molecular weight is 278 g/mol. The van der Waals surface area contributed by atoms with Crippen LogP contribution in [0.2, 0.25) is 0 Å². The van der Waals surface area contributed by atoms with E-state index < -0.39 is 7.64 Å². The number of hydrogen-bond acceptors (Lipinski definition) is 4. The highest BCUT2D eigenvalue weighted by molar-refractivity contribution is 7.82. The smallest absolute Gasteiger partial charge is 0.272 e. The first-order valence-corrected chi connectivity index (χ1v) is 7.58. The lowest BCUT2D eigenvalue weighted by Gasteiger charge is -2.14. The van der Waals surface area contributed by atoms with Crippen LogP contribution >= 0.6 is 7.64 Å². The minimum Gasteiger partial charge on any atom is -0.497 e. The fourth-order valence-electron chi connectivity index (χ4n) is 1.77. The predicted molar refractivity (Wildman–Crippen MR) is 78.6 cm³/mol. The SMILES string of the molecule is COc1ccc([P+](N)(O)c2ccc(OC)cc2)cc1. The van der Waals surface area contributed by atoms with Crippen molar-refractivity contribution in [2.45, 2.75) is 0 Å². The maximum absolute atomic E-state index is 10.6. The third kappa shape index (κ3) is 2.87. The summed E-state index contributed by atoms with van der Waals surface area (Å²) in [4.78, 5) is 10.6. The first-order chi connectivity index (χ1) is 9.07. The lowest BCUT2D eigenvalue weighted by atomic mass is 10.3. The summed E-state index contributed by atoms with van der Waals surface area (Å²) in [6.07, 6.45) is 0. The van der Waals surface area contributed by atoms with Crippen molar-refractivity contribution in [1.82, 2.24) is 0 Å². The second-order valence-corrected chi connectivity index (χ2v) is 6.49. The molecule has 3 N–H and O–H groups in total. The molecule has 2 aromatic carbocycles. The van der Waals surface area contributed by atoms with Crippen LogP contribution in [-0.2, 0) is 0 Å². The molecule has 0 spiro atoms. The van der Waals surface area contributed by atoms with Crippen molar-refractivity contribution in [2.75, 3.05) is 14.2 Å².